The van der Waals surface area contributed by atoms with Crippen LogP contribution in [0, 0.1) is 16.9 Å². The first-order chi connectivity index (χ1) is 13.5. The van der Waals surface area contributed by atoms with E-state index in [-0.39, 0.29) is 37.1 Å². The van der Waals surface area contributed by atoms with E-state index in [4.69, 9.17) is 4.74 Å². The summed E-state index contributed by atoms with van der Waals surface area (Å²) in [6.45, 7) is 11.1. The van der Waals surface area contributed by atoms with E-state index in [1.807, 2.05) is 65.8 Å². The summed E-state index contributed by atoms with van der Waals surface area (Å²) in [5.41, 5.74) is -0.764. The van der Waals surface area contributed by atoms with Crippen LogP contribution in [0.4, 0.5) is 0 Å². The Kier molecular flexibility index (Phi) is 9.71. The molecular weight excluding hydrogens is 621 g/mol. The van der Waals surface area contributed by atoms with E-state index < -0.39 is 5.41 Å². The molecule has 4 nitrogen and oxygen atoms in total. The zero-order valence-electron chi connectivity index (χ0n) is 18.1. The minimum absolute atomic E-state index is 0. The Labute approximate surface area is 198 Å². The van der Waals surface area contributed by atoms with Crippen LogP contribution in [-0.2, 0) is 24.9 Å². The Hall–Kier alpha value is -1.71. The van der Waals surface area contributed by atoms with Crippen LogP contribution in [-0.4, -0.2) is 30.4 Å². The van der Waals surface area contributed by atoms with Gasteiger partial charge in [0, 0.05) is 37.0 Å². The Morgan fingerprint density at radius 2 is 1.80 bits per heavy atom. The number of aliphatic hydroxyl groups excluding tert-OH is 1. The number of nitrogens with zero attached hydrogens (tertiary/aromatic N) is 1. The van der Waals surface area contributed by atoms with Gasteiger partial charge in [0.05, 0.1) is 0 Å². The molecule has 0 fully saturated rings. The standard InChI is InChI=1S/C13H8NOSe.C11H20O2.Ir/c1-2-4-10(5-3-1)15-13-11-7-9-16-12(11)6-8-14-13;1-10(2,3)8(12)7-9(13)11(4,5)6;/h1-4,6-9H;7,12H,1-6H3;/q-1;;/b;8-7-;. The van der Waals surface area contributed by atoms with Crippen molar-refractivity contribution in [2.75, 3.05) is 0 Å². The van der Waals surface area contributed by atoms with Gasteiger partial charge in [-0.3, -0.25) is 4.79 Å². The number of ketones is 1. The van der Waals surface area contributed by atoms with Crippen molar-refractivity contribution in [1.29, 1.82) is 0 Å². The number of benzene rings is 1. The minimum atomic E-state index is -0.417. The van der Waals surface area contributed by atoms with Crippen LogP contribution in [0.25, 0.3) is 9.65 Å². The fourth-order valence-corrected chi connectivity index (χ4v) is 3.67. The normalized spacial score (nSPS) is 11.9. The Morgan fingerprint density at radius 1 is 1.10 bits per heavy atom. The average molecular weight is 650 g/mol. The maximum absolute atomic E-state index is 11.5. The first-order valence-corrected chi connectivity index (χ1v) is 11.3. The molecule has 2 aromatic heterocycles. The van der Waals surface area contributed by atoms with E-state index in [9.17, 15) is 9.90 Å². The van der Waals surface area contributed by atoms with Gasteiger partial charge >= 0.3 is 99.1 Å². The summed E-state index contributed by atoms with van der Waals surface area (Å²) in [7, 11) is 0. The third-order valence-corrected chi connectivity index (χ3v) is 5.86. The van der Waals surface area contributed by atoms with Gasteiger partial charge in [0.1, 0.15) is 5.76 Å². The number of aromatic nitrogens is 1. The molecule has 0 saturated heterocycles. The SMILES string of the molecule is CC(C)(C)C(=O)/C=C(\O)C(C)(C)C.[Ir].[c-]1ccccc1Oc1nccc2[se]ccc12. The zero-order chi connectivity index (χ0) is 21.7. The van der Waals surface area contributed by atoms with E-state index in [2.05, 4.69) is 28.1 Å². The van der Waals surface area contributed by atoms with Gasteiger partial charge in [-0.15, -0.1) is 0 Å². The molecule has 163 valence electrons. The summed E-state index contributed by atoms with van der Waals surface area (Å²) in [6, 6.07) is 14.7. The number of carbonyl (C=O) groups excluding carboxylic acids is 1. The first-order valence-electron chi connectivity index (χ1n) is 9.41. The van der Waals surface area contributed by atoms with E-state index in [1.54, 1.807) is 6.20 Å². The average Bonchev–Trinajstić information content (AvgIpc) is 3.11. The second kappa shape index (κ2) is 11.1. The van der Waals surface area contributed by atoms with Gasteiger partial charge in [0.15, 0.2) is 5.78 Å². The van der Waals surface area contributed by atoms with Gasteiger partial charge in [-0.2, -0.15) is 0 Å². The molecule has 0 atom stereocenters. The van der Waals surface area contributed by atoms with E-state index >= 15 is 0 Å². The predicted molar refractivity (Wildman–Crippen MR) is 119 cm³/mol. The first kappa shape index (κ1) is 26.3. The number of carbonyl (C=O) groups is 1. The van der Waals surface area contributed by atoms with Gasteiger partial charge < -0.3 is 5.11 Å². The number of hydrogen-bond donors (Lipinski definition) is 1. The molecular formula is C24H28IrNO3Se-. The molecule has 0 aliphatic carbocycles. The van der Waals surface area contributed by atoms with Crippen LogP contribution in [0.5, 0.6) is 11.6 Å². The molecule has 30 heavy (non-hydrogen) atoms. The Morgan fingerprint density at radius 3 is 2.37 bits per heavy atom. The van der Waals surface area contributed by atoms with Crippen LogP contribution >= 0.6 is 0 Å². The predicted octanol–water partition coefficient (Wildman–Crippen LogP) is 5.97. The number of ether oxygens (including phenoxy) is 1. The molecule has 0 aliphatic rings. The van der Waals surface area contributed by atoms with Gasteiger partial charge in [-0.1, -0.05) is 41.5 Å². The molecule has 0 spiro atoms. The van der Waals surface area contributed by atoms with E-state index in [0.29, 0.717) is 26.1 Å². The Balaban J connectivity index is 0.000000299. The monoisotopic (exact) mass is 651 g/mol. The fourth-order valence-electron chi connectivity index (χ4n) is 2.05. The molecule has 3 rings (SSSR count). The Bertz CT molecular complexity index is 983. The summed E-state index contributed by atoms with van der Waals surface area (Å²) in [6.07, 6.45) is 3.13. The molecule has 0 unspecified atom stereocenters. The van der Waals surface area contributed by atoms with Crippen LogP contribution in [0.15, 0.2) is 59.4 Å². The van der Waals surface area contributed by atoms with Crippen LogP contribution < -0.4 is 4.74 Å². The van der Waals surface area contributed by atoms with Crippen LogP contribution in [0.1, 0.15) is 41.5 Å². The van der Waals surface area contributed by atoms with Crippen molar-refractivity contribution in [1.82, 2.24) is 4.98 Å². The van der Waals surface area contributed by atoms with Crippen molar-refractivity contribution in [3.05, 3.63) is 65.4 Å². The number of allylic oxidation sites excluding steroid dienone is 2. The zero-order valence-corrected chi connectivity index (χ0v) is 22.3. The van der Waals surface area contributed by atoms with E-state index in [0.717, 1.165) is 5.39 Å². The van der Waals surface area contributed by atoms with Crippen molar-refractivity contribution < 1.29 is 34.7 Å². The van der Waals surface area contributed by atoms with Gasteiger partial charge in [0.2, 0.25) is 0 Å². The van der Waals surface area contributed by atoms with Crippen molar-refractivity contribution in [3.8, 4) is 11.6 Å². The number of para-hydroxylation sites is 1. The number of hydrogen-bond acceptors (Lipinski definition) is 4. The molecule has 2 heterocycles. The summed E-state index contributed by atoms with van der Waals surface area (Å²) in [5, 5.41) is 10.7. The van der Waals surface area contributed by atoms with Gasteiger partial charge in [-0.05, 0) is 0 Å². The van der Waals surface area contributed by atoms with Crippen molar-refractivity contribution in [3.63, 3.8) is 0 Å². The van der Waals surface area contributed by atoms with Crippen LogP contribution in [0.2, 0.25) is 0 Å². The van der Waals surface area contributed by atoms with Crippen molar-refractivity contribution in [2.45, 2.75) is 41.5 Å². The molecule has 3 aromatic rings. The fraction of sp³-hybridized carbons (Fsp3) is 0.333. The summed E-state index contributed by atoms with van der Waals surface area (Å²) in [5.74, 6) is 1.49. The van der Waals surface area contributed by atoms with Gasteiger partial charge in [-0.25, -0.2) is 0 Å². The molecule has 1 N–H and O–H groups in total. The topological polar surface area (TPSA) is 59.4 Å². The third kappa shape index (κ3) is 7.85. The second-order valence-electron chi connectivity index (χ2n) is 8.67. The number of pyridine rings is 1. The molecule has 0 saturated carbocycles. The molecule has 0 bridgehead atoms. The maximum atomic E-state index is 11.5. The molecule has 0 amide bonds. The molecule has 6 heteroatoms. The van der Waals surface area contributed by atoms with Gasteiger partial charge in [0.25, 0.3) is 0 Å². The number of aliphatic hydroxyl groups is 1. The number of fused-ring (bicyclic) bond motifs is 1. The summed E-state index contributed by atoms with van der Waals surface area (Å²) >= 11 is 0.427. The second-order valence-corrected chi connectivity index (χ2v) is 10.7. The summed E-state index contributed by atoms with van der Waals surface area (Å²) < 4.78 is 7.04. The van der Waals surface area contributed by atoms with E-state index in [1.165, 1.54) is 10.3 Å². The van der Waals surface area contributed by atoms with Crippen molar-refractivity contribution >= 4 is 29.9 Å². The van der Waals surface area contributed by atoms with Crippen molar-refractivity contribution in [2.24, 2.45) is 10.8 Å². The summed E-state index contributed by atoms with van der Waals surface area (Å²) in [4.78, 5) is 17.9. The third-order valence-electron chi connectivity index (χ3n) is 4.01. The molecule has 1 radical (unpaired) electrons. The number of rotatable bonds is 3. The molecule has 1 aromatic carbocycles. The molecule has 0 aliphatic heterocycles. The van der Waals surface area contributed by atoms with Crippen LogP contribution in [0.3, 0.4) is 0 Å². The quantitative estimate of drug-likeness (QED) is 0.165.